The molecular formula is C18H21NO. The standard InChI is InChI=1S/C18H21NO/c1-4-17(15-8-6-5-7-9-15)18(20)19-16-11-13(2)10-14(3)12-16/h5-12,17H,4H2,1-3H3,(H,19,20). The fourth-order valence-electron chi connectivity index (χ4n) is 2.53. The summed E-state index contributed by atoms with van der Waals surface area (Å²) >= 11 is 0. The molecule has 0 aliphatic rings. The molecule has 2 aromatic carbocycles. The van der Waals surface area contributed by atoms with E-state index in [1.165, 1.54) is 0 Å². The van der Waals surface area contributed by atoms with Crippen LogP contribution in [0.2, 0.25) is 0 Å². The molecule has 0 aliphatic heterocycles. The first-order valence-corrected chi connectivity index (χ1v) is 7.04. The summed E-state index contributed by atoms with van der Waals surface area (Å²) in [6.45, 7) is 6.12. The van der Waals surface area contributed by atoms with Crippen molar-refractivity contribution in [2.45, 2.75) is 33.1 Å². The summed E-state index contributed by atoms with van der Waals surface area (Å²) in [5.41, 5.74) is 4.26. The monoisotopic (exact) mass is 267 g/mol. The minimum absolute atomic E-state index is 0.0590. The predicted molar refractivity (Wildman–Crippen MR) is 84.0 cm³/mol. The van der Waals surface area contributed by atoms with Crippen LogP contribution in [0.1, 0.15) is 36.0 Å². The van der Waals surface area contributed by atoms with Crippen molar-refractivity contribution < 1.29 is 4.79 Å². The van der Waals surface area contributed by atoms with E-state index in [2.05, 4.69) is 11.4 Å². The first-order valence-electron chi connectivity index (χ1n) is 7.04. The largest absolute Gasteiger partial charge is 0.326 e. The van der Waals surface area contributed by atoms with Crippen molar-refractivity contribution in [2.24, 2.45) is 0 Å². The number of rotatable bonds is 4. The zero-order valence-corrected chi connectivity index (χ0v) is 12.3. The molecule has 1 N–H and O–H groups in total. The Bertz CT molecular complexity index is 569. The molecule has 0 radical (unpaired) electrons. The Hall–Kier alpha value is -2.09. The number of hydrogen-bond donors (Lipinski definition) is 1. The van der Waals surface area contributed by atoms with Crippen molar-refractivity contribution in [1.82, 2.24) is 0 Å². The fourth-order valence-corrected chi connectivity index (χ4v) is 2.53. The van der Waals surface area contributed by atoms with Gasteiger partial charge in [0.1, 0.15) is 0 Å². The highest BCUT2D eigenvalue weighted by Crippen LogP contribution is 2.22. The van der Waals surface area contributed by atoms with Gasteiger partial charge in [0.25, 0.3) is 0 Å². The van der Waals surface area contributed by atoms with Gasteiger partial charge in [0.2, 0.25) is 5.91 Å². The Labute approximate surface area is 120 Å². The second-order valence-electron chi connectivity index (χ2n) is 5.24. The van der Waals surface area contributed by atoms with Crippen LogP contribution >= 0.6 is 0 Å². The molecule has 0 saturated heterocycles. The highest BCUT2D eigenvalue weighted by Gasteiger charge is 2.18. The van der Waals surface area contributed by atoms with Gasteiger partial charge in [-0.2, -0.15) is 0 Å². The first kappa shape index (κ1) is 14.3. The highest BCUT2D eigenvalue weighted by molar-refractivity contribution is 5.95. The van der Waals surface area contributed by atoms with Crippen molar-refractivity contribution in [2.75, 3.05) is 5.32 Å². The number of amides is 1. The maximum absolute atomic E-state index is 12.5. The predicted octanol–water partition coefficient (Wildman–Crippen LogP) is 4.44. The van der Waals surface area contributed by atoms with E-state index in [1.807, 2.05) is 63.2 Å². The molecule has 2 heteroatoms. The summed E-state index contributed by atoms with van der Waals surface area (Å²) in [6.07, 6.45) is 0.792. The third-order valence-corrected chi connectivity index (χ3v) is 3.42. The van der Waals surface area contributed by atoms with Crippen LogP contribution in [0.15, 0.2) is 48.5 Å². The Kier molecular flexibility index (Phi) is 4.57. The Morgan fingerprint density at radius 2 is 1.65 bits per heavy atom. The zero-order valence-electron chi connectivity index (χ0n) is 12.3. The van der Waals surface area contributed by atoms with E-state index in [4.69, 9.17) is 0 Å². The van der Waals surface area contributed by atoms with Crippen LogP contribution in [0.5, 0.6) is 0 Å². The molecule has 0 fully saturated rings. The van der Waals surface area contributed by atoms with Gasteiger partial charge in [-0.15, -0.1) is 0 Å². The van der Waals surface area contributed by atoms with Crippen LogP contribution in [-0.2, 0) is 4.79 Å². The van der Waals surface area contributed by atoms with E-state index >= 15 is 0 Å². The van der Waals surface area contributed by atoms with E-state index in [1.54, 1.807) is 0 Å². The van der Waals surface area contributed by atoms with Crippen molar-refractivity contribution in [1.29, 1.82) is 0 Å². The van der Waals surface area contributed by atoms with Gasteiger partial charge < -0.3 is 5.32 Å². The lowest BCUT2D eigenvalue weighted by atomic mass is 9.95. The molecule has 104 valence electrons. The van der Waals surface area contributed by atoms with Gasteiger partial charge >= 0.3 is 0 Å². The number of anilines is 1. The summed E-state index contributed by atoms with van der Waals surface area (Å²) in [5.74, 6) is -0.0410. The molecule has 0 heterocycles. The van der Waals surface area contributed by atoms with Gasteiger partial charge in [0, 0.05) is 5.69 Å². The molecule has 2 rings (SSSR count). The van der Waals surface area contributed by atoms with Crippen molar-refractivity contribution in [3.8, 4) is 0 Å². The molecule has 1 unspecified atom stereocenters. The molecule has 20 heavy (non-hydrogen) atoms. The summed E-state index contributed by atoms with van der Waals surface area (Å²) in [6, 6.07) is 16.0. The fraction of sp³-hybridized carbons (Fsp3) is 0.278. The van der Waals surface area contributed by atoms with Crippen LogP contribution in [0, 0.1) is 13.8 Å². The third kappa shape index (κ3) is 3.47. The van der Waals surface area contributed by atoms with Gasteiger partial charge in [0.05, 0.1) is 5.92 Å². The summed E-state index contributed by atoms with van der Waals surface area (Å²) < 4.78 is 0. The van der Waals surface area contributed by atoms with E-state index in [0.717, 1.165) is 28.8 Å². The van der Waals surface area contributed by atoms with E-state index in [0.29, 0.717) is 0 Å². The van der Waals surface area contributed by atoms with E-state index in [9.17, 15) is 4.79 Å². The van der Waals surface area contributed by atoms with Gasteiger partial charge in [-0.25, -0.2) is 0 Å². The molecule has 1 amide bonds. The smallest absolute Gasteiger partial charge is 0.231 e. The summed E-state index contributed by atoms with van der Waals surface area (Å²) in [4.78, 5) is 12.5. The van der Waals surface area contributed by atoms with Crippen LogP contribution in [0.4, 0.5) is 5.69 Å². The molecular weight excluding hydrogens is 246 g/mol. The molecule has 2 nitrogen and oxygen atoms in total. The number of carbonyl (C=O) groups is 1. The average Bonchev–Trinajstić information content (AvgIpc) is 2.39. The minimum atomic E-state index is -0.1000. The number of benzene rings is 2. The van der Waals surface area contributed by atoms with Crippen molar-refractivity contribution in [3.05, 3.63) is 65.2 Å². The molecule has 0 spiro atoms. The minimum Gasteiger partial charge on any atom is -0.326 e. The van der Waals surface area contributed by atoms with Gasteiger partial charge in [-0.05, 0) is 49.1 Å². The summed E-state index contributed by atoms with van der Waals surface area (Å²) in [7, 11) is 0. The number of aryl methyl sites for hydroxylation is 2. The molecule has 0 aromatic heterocycles. The normalized spacial score (nSPS) is 11.9. The third-order valence-electron chi connectivity index (χ3n) is 3.42. The van der Waals surface area contributed by atoms with Gasteiger partial charge in [-0.3, -0.25) is 4.79 Å². The van der Waals surface area contributed by atoms with E-state index in [-0.39, 0.29) is 11.8 Å². The SMILES string of the molecule is CCC(C(=O)Nc1cc(C)cc(C)c1)c1ccccc1. The number of carbonyl (C=O) groups excluding carboxylic acids is 1. The second kappa shape index (κ2) is 6.38. The first-order chi connectivity index (χ1) is 9.60. The van der Waals surface area contributed by atoms with E-state index < -0.39 is 0 Å². The lowest BCUT2D eigenvalue weighted by Crippen LogP contribution is -2.20. The van der Waals surface area contributed by atoms with Crippen LogP contribution in [0.25, 0.3) is 0 Å². The van der Waals surface area contributed by atoms with Crippen LogP contribution in [-0.4, -0.2) is 5.91 Å². The topological polar surface area (TPSA) is 29.1 Å². The molecule has 2 aromatic rings. The summed E-state index contributed by atoms with van der Waals surface area (Å²) in [5, 5.41) is 3.03. The molecule has 1 atom stereocenters. The second-order valence-corrected chi connectivity index (χ2v) is 5.24. The Morgan fingerprint density at radius 1 is 1.05 bits per heavy atom. The molecule has 0 saturated carbocycles. The Morgan fingerprint density at radius 3 is 2.20 bits per heavy atom. The maximum atomic E-state index is 12.5. The number of hydrogen-bond acceptors (Lipinski definition) is 1. The lowest BCUT2D eigenvalue weighted by molar-refractivity contribution is -0.117. The quantitative estimate of drug-likeness (QED) is 0.872. The Balaban J connectivity index is 2.18. The number of nitrogens with one attached hydrogen (secondary N) is 1. The maximum Gasteiger partial charge on any atom is 0.231 e. The van der Waals surface area contributed by atoms with Gasteiger partial charge in [-0.1, -0.05) is 43.3 Å². The van der Waals surface area contributed by atoms with Crippen molar-refractivity contribution in [3.63, 3.8) is 0 Å². The molecule has 0 bridgehead atoms. The van der Waals surface area contributed by atoms with Gasteiger partial charge in [0.15, 0.2) is 0 Å². The van der Waals surface area contributed by atoms with Crippen molar-refractivity contribution >= 4 is 11.6 Å². The van der Waals surface area contributed by atoms with Crippen LogP contribution in [0.3, 0.4) is 0 Å². The average molecular weight is 267 g/mol. The zero-order chi connectivity index (χ0) is 14.5. The van der Waals surface area contributed by atoms with Crippen LogP contribution < -0.4 is 5.32 Å². The molecule has 0 aliphatic carbocycles. The highest BCUT2D eigenvalue weighted by atomic mass is 16.1. The lowest BCUT2D eigenvalue weighted by Gasteiger charge is -2.16.